The molecule has 5 heteroatoms. The lowest BCUT2D eigenvalue weighted by Crippen LogP contribution is -2.42. The minimum atomic E-state index is 0.114. The lowest BCUT2D eigenvalue weighted by atomic mass is 9.99. The molecule has 1 aromatic carbocycles. The van der Waals surface area contributed by atoms with Gasteiger partial charge in [-0.05, 0) is 32.3 Å². The van der Waals surface area contributed by atoms with Crippen LogP contribution in [0.25, 0.3) is 0 Å². The highest BCUT2D eigenvalue weighted by Crippen LogP contribution is 2.20. The van der Waals surface area contributed by atoms with E-state index in [4.69, 9.17) is 5.73 Å². The maximum absolute atomic E-state index is 12.0. The second-order valence-electron chi connectivity index (χ2n) is 5.70. The van der Waals surface area contributed by atoms with Crippen molar-refractivity contribution in [3.8, 4) is 0 Å². The molecule has 1 unspecified atom stereocenters. The van der Waals surface area contributed by atoms with Gasteiger partial charge in [-0.2, -0.15) is 0 Å². The summed E-state index contributed by atoms with van der Waals surface area (Å²) >= 11 is 4.31. The van der Waals surface area contributed by atoms with Crippen LogP contribution in [-0.2, 0) is 4.79 Å². The Labute approximate surface area is 144 Å². The minimum Gasteiger partial charge on any atom is -0.394 e. The Morgan fingerprint density at radius 1 is 1.39 bits per heavy atom. The molecular formula is C18H27N3OS. The predicted molar refractivity (Wildman–Crippen MR) is 101 cm³/mol. The van der Waals surface area contributed by atoms with Crippen molar-refractivity contribution in [3.63, 3.8) is 0 Å². The van der Waals surface area contributed by atoms with Crippen molar-refractivity contribution in [2.45, 2.75) is 46.1 Å². The fourth-order valence-electron chi connectivity index (χ4n) is 2.75. The number of thiocarbonyl (C=S) groups is 1. The largest absolute Gasteiger partial charge is 0.394 e. The second-order valence-corrected chi connectivity index (χ2v) is 6.34. The SMILES string of the molecule is CC(N)=S.CCC(C(=NC)c1ccc(C)cc1)N1CCCC1=O. The van der Waals surface area contributed by atoms with E-state index in [0.717, 1.165) is 30.7 Å². The number of amides is 1. The molecule has 0 spiro atoms. The predicted octanol–water partition coefficient (Wildman–Crippen LogP) is 3.11. The smallest absolute Gasteiger partial charge is 0.223 e. The zero-order valence-electron chi connectivity index (χ0n) is 14.5. The van der Waals surface area contributed by atoms with Crippen molar-refractivity contribution in [3.05, 3.63) is 35.4 Å². The average Bonchev–Trinajstić information content (AvgIpc) is 2.91. The van der Waals surface area contributed by atoms with Gasteiger partial charge in [-0.25, -0.2) is 0 Å². The first-order valence-electron chi connectivity index (χ1n) is 7.99. The monoisotopic (exact) mass is 333 g/mol. The molecule has 0 bridgehead atoms. The van der Waals surface area contributed by atoms with E-state index in [1.54, 1.807) is 6.92 Å². The third kappa shape index (κ3) is 5.75. The molecule has 126 valence electrons. The number of carbonyl (C=O) groups is 1. The van der Waals surface area contributed by atoms with Gasteiger partial charge in [0.1, 0.15) is 0 Å². The van der Waals surface area contributed by atoms with E-state index in [1.807, 2.05) is 11.9 Å². The molecule has 1 amide bonds. The van der Waals surface area contributed by atoms with Gasteiger partial charge in [0.15, 0.2) is 0 Å². The van der Waals surface area contributed by atoms with Crippen molar-refractivity contribution in [1.82, 2.24) is 4.90 Å². The number of carbonyl (C=O) groups excluding carboxylic acids is 1. The number of nitrogens with two attached hydrogens (primary N) is 1. The topological polar surface area (TPSA) is 58.7 Å². The molecule has 1 heterocycles. The molecule has 0 radical (unpaired) electrons. The van der Waals surface area contributed by atoms with Crippen LogP contribution in [0.15, 0.2) is 29.3 Å². The number of likely N-dealkylation sites (tertiary alicyclic amines) is 1. The maximum Gasteiger partial charge on any atom is 0.223 e. The summed E-state index contributed by atoms with van der Waals surface area (Å²) in [5.41, 5.74) is 8.23. The van der Waals surface area contributed by atoms with E-state index >= 15 is 0 Å². The summed E-state index contributed by atoms with van der Waals surface area (Å²) in [7, 11) is 1.82. The number of benzene rings is 1. The highest BCUT2D eigenvalue weighted by molar-refractivity contribution is 7.80. The van der Waals surface area contributed by atoms with Crippen molar-refractivity contribution in [2.75, 3.05) is 13.6 Å². The van der Waals surface area contributed by atoms with Crippen LogP contribution < -0.4 is 5.73 Å². The van der Waals surface area contributed by atoms with Crippen molar-refractivity contribution in [1.29, 1.82) is 0 Å². The van der Waals surface area contributed by atoms with E-state index in [9.17, 15) is 4.79 Å². The van der Waals surface area contributed by atoms with Crippen molar-refractivity contribution < 1.29 is 4.79 Å². The van der Waals surface area contributed by atoms with Crippen LogP contribution in [0, 0.1) is 6.92 Å². The zero-order chi connectivity index (χ0) is 17.4. The Morgan fingerprint density at radius 3 is 2.35 bits per heavy atom. The number of hydrogen-bond acceptors (Lipinski definition) is 3. The molecule has 23 heavy (non-hydrogen) atoms. The molecular weight excluding hydrogens is 306 g/mol. The molecule has 4 nitrogen and oxygen atoms in total. The van der Waals surface area contributed by atoms with E-state index in [-0.39, 0.29) is 11.9 Å². The van der Waals surface area contributed by atoms with Gasteiger partial charge < -0.3 is 10.6 Å². The number of aliphatic imine (C=N–C) groups is 1. The first-order valence-corrected chi connectivity index (χ1v) is 8.40. The molecule has 0 aromatic heterocycles. The van der Waals surface area contributed by atoms with E-state index in [1.165, 1.54) is 5.56 Å². The zero-order valence-corrected chi connectivity index (χ0v) is 15.3. The molecule has 1 saturated heterocycles. The maximum atomic E-state index is 12.0. The third-order valence-corrected chi connectivity index (χ3v) is 3.78. The first-order chi connectivity index (χ1) is 10.9. The highest BCUT2D eigenvalue weighted by atomic mass is 32.1. The summed E-state index contributed by atoms with van der Waals surface area (Å²) in [5, 5.41) is 0. The summed E-state index contributed by atoms with van der Waals surface area (Å²) in [6.07, 6.45) is 2.56. The van der Waals surface area contributed by atoms with Gasteiger partial charge in [-0.1, -0.05) is 49.0 Å². The molecule has 0 aliphatic carbocycles. The van der Waals surface area contributed by atoms with Crippen LogP contribution in [0.3, 0.4) is 0 Å². The summed E-state index contributed by atoms with van der Waals surface area (Å²) < 4.78 is 0. The molecule has 2 rings (SSSR count). The summed E-state index contributed by atoms with van der Waals surface area (Å²) in [5.74, 6) is 0.264. The lowest BCUT2D eigenvalue weighted by molar-refractivity contribution is -0.128. The Morgan fingerprint density at radius 2 is 1.96 bits per heavy atom. The second kappa shape index (κ2) is 9.40. The Bertz CT molecular complexity index is 562. The van der Waals surface area contributed by atoms with E-state index < -0.39 is 0 Å². The van der Waals surface area contributed by atoms with Gasteiger partial charge in [0.05, 0.1) is 16.7 Å². The fraction of sp³-hybridized carbons (Fsp3) is 0.500. The standard InChI is InChI=1S/C16H22N2O.C2H5NS/c1-4-14(18-11-5-6-15(18)19)16(17-3)13-9-7-12(2)8-10-13;1-2(3)4/h7-10,14H,4-6,11H2,1-3H3;1H3,(H2,3,4). The Balaban J connectivity index is 0.000000593. The molecule has 1 atom stereocenters. The van der Waals surface area contributed by atoms with Crippen LogP contribution in [-0.4, -0.2) is 41.1 Å². The normalized spacial score (nSPS) is 15.9. The van der Waals surface area contributed by atoms with Crippen LogP contribution in [0.4, 0.5) is 0 Å². The molecule has 0 saturated carbocycles. The molecule has 1 aliphatic heterocycles. The molecule has 1 fully saturated rings. The summed E-state index contributed by atoms with van der Waals surface area (Å²) in [6, 6.07) is 8.50. The van der Waals surface area contributed by atoms with Gasteiger partial charge in [-0.15, -0.1) is 0 Å². The number of nitrogens with zero attached hydrogens (tertiary/aromatic N) is 2. The van der Waals surface area contributed by atoms with E-state index in [0.29, 0.717) is 11.4 Å². The van der Waals surface area contributed by atoms with Gasteiger partial charge in [0.25, 0.3) is 0 Å². The van der Waals surface area contributed by atoms with Gasteiger partial charge in [-0.3, -0.25) is 9.79 Å². The van der Waals surface area contributed by atoms with Crippen LogP contribution in [0.2, 0.25) is 0 Å². The quantitative estimate of drug-likeness (QED) is 0.680. The Kier molecular flexibility index (Phi) is 7.89. The number of hydrogen-bond donors (Lipinski definition) is 1. The minimum absolute atomic E-state index is 0.114. The fourth-order valence-corrected chi connectivity index (χ4v) is 2.75. The van der Waals surface area contributed by atoms with Crippen LogP contribution in [0.1, 0.15) is 44.2 Å². The molecule has 1 aromatic rings. The molecule has 2 N–H and O–H groups in total. The molecule has 1 aliphatic rings. The summed E-state index contributed by atoms with van der Waals surface area (Å²) in [6.45, 7) is 6.74. The van der Waals surface area contributed by atoms with E-state index in [2.05, 4.69) is 55.3 Å². The Hall–Kier alpha value is -1.75. The average molecular weight is 334 g/mol. The van der Waals surface area contributed by atoms with Gasteiger partial charge >= 0.3 is 0 Å². The third-order valence-electron chi connectivity index (χ3n) is 3.78. The van der Waals surface area contributed by atoms with Crippen molar-refractivity contribution in [2.24, 2.45) is 10.7 Å². The highest BCUT2D eigenvalue weighted by Gasteiger charge is 2.30. The lowest BCUT2D eigenvalue weighted by Gasteiger charge is -2.28. The summed E-state index contributed by atoms with van der Waals surface area (Å²) in [4.78, 5) is 18.9. The number of aryl methyl sites for hydroxylation is 1. The van der Waals surface area contributed by atoms with Crippen LogP contribution in [0.5, 0.6) is 0 Å². The van der Waals surface area contributed by atoms with Crippen molar-refractivity contribution >= 4 is 28.8 Å². The number of rotatable bonds is 4. The van der Waals surface area contributed by atoms with Gasteiger partial charge in [0, 0.05) is 20.0 Å². The first kappa shape index (κ1) is 19.3. The van der Waals surface area contributed by atoms with Gasteiger partial charge in [0.2, 0.25) is 5.91 Å². The van der Waals surface area contributed by atoms with Crippen LogP contribution >= 0.6 is 12.2 Å².